The summed E-state index contributed by atoms with van der Waals surface area (Å²) >= 11 is 4.37. The summed E-state index contributed by atoms with van der Waals surface area (Å²) in [5.74, 6) is -1.07. The Morgan fingerprint density at radius 2 is 1.96 bits per heavy atom. The number of benzene rings is 1. The molecule has 2 aliphatic rings. The number of β-lactam (4-membered cyclic amide) rings is 1. The van der Waals surface area contributed by atoms with Crippen LogP contribution in [0.1, 0.15) is 19.4 Å². The van der Waals surface area contributed by atoms with Crippen molar-refractivity contribution in [2.24, 2.45) is 0 Å². The number of carbonyl (C=O) groups is 3. The molecule has 0 bridgehead atoms. The molecule has 3 atom stereocenters. The summed E-state index contributed by atoms with van der Waals surface area (Å²) in [6.45, 7) is 3.50. The second-order valence-electron chi connectivity index (χ2n) is 6.34. The van der Waals surface area contributed by atoms with E-state index >= 15 is 0 Å². The average Bonchev–Trinajstić information content (AvgIpc) is 2.80. The van der Waals surface area contributed by atoms with Crippen molar-refractivity contribution in [3.8, 4) is 0 Å². The predicted octanol–water partition coefficient (Wildman–Crippen LogP) is 0.516. The number of hydrogen-bond acceptors (Lipinski definition) is 5. The molecule has 0 radical (unpaired) electrons. The maximum absolute atomic E-state index is 12.3. The van der Waals surface area contributed by atoms with E-state index in [1.165, 1.54) is 4.90 Å². The molecule has 23 heavy (non-hydrogen) atoms. The summed E-state index contributed by atoms with van der Waals surface area (Å²) in [5, 5.41) is 2.65. The van der Waals surface area contributed by atoms with E-state index in [4.69, 9.17) is 4.74 Å². The second-order valence-corrected chi connectivity index (χ2v) is 7.49. The van der Waals surface area contributed by atoms with E-state index in [-0.39, 0.29) is 18.2 Å². The molecule has 2 amide bonds. The Morgan fingerprint density at radius 3 is 2.57 bits per heavy atom. The van der Waals surface area contributed by atoms with Gasteiger partial charge in [-0.2, -0.15) is 12.6 Å². The summed E-state index contributed by atoms with van der Waals surface area (Å²) in [6.07, 6.45) is -0.557. The van der Waals surface area contributed by atoms with Crippen molar-refractivity contribution < 1.29 is 19.1 Å². The van der Waals surface area contributed by atoms with E-state index < -0.39 is 29.0 Å². The van der Waals surface area contributed by atoms with Gasteiger partial charge in [0.25, 0.3) is 5.91 Å². The molecule has 2 saturated heterocycles. The SMILES string of the molecule is CC(C)(S)[C@@H]1C(=O)O[C@H]2[C@@H](NC(=O)Cc3ccccc3)C(=O)N12. The van der Waals surface area contributed by atoms with E-state index in [0.717, 1.165) is 5.56 Å². The van der Waals surface area contributed by atoms with Crippen molar-refractivity contribution in [2.45, 2.75) is 43.3 Å². The Bertz CT molecular complexity index is 656. The van der Waals surface area contributed by atoms with Gasteiger partial charge in [-0.15, -0.1) is 0 Å². The zero-order valence-electron chi connectivity index (χ0n) is 12.9. The third-order valence-corrected chi connectivity index (χ3v) is 4.26. The molecule has 7 heteroatoms. The quantitative estimate of drug-likeness (QED) is 0.478. The topological polar surface area (TPSA) is 75.7 Å². The van der Waals surface area contributed by atoms with Gasteiger partial charge >= 0.3 is 5.97 Å². The van der Waals surface area contributed by atoms with Gasteiger partial charge in [-0.25, -0.2) is 4.79 Å². The van der Waals surface area contributed by atoms with Crippen molar-refractivity contribution in [3.63, 3.8) is 0 Å². The van der Waals surface area contributed by atoms with Crippen LogP contribution in [0.15, 0.2) is 30.3 Å². The van der Waals surface area contributed by atoms with Gasteiger partial charge in [0.2, 0.25) is 12.1 Å². The van der Waals surface area contributed by atoms with Crippen LogP contribution in [0, 0.1) is 0 Å². The summed E-state index contributed by atoms with van der Waals surface area (Å²) in [4.78, 5) is 37.7. The van der Waals surface area contributed by atoms with Crippen molar-refractivity contribution in [1.82, 2.24) is 10.2 Å². The van der Waals surface area contributed by atoms with E-state index in [0.29, 0.717) is 0 Å². The van der Waals surface area contributed by atoms with Gasteiger partial charge in [-0.1, -0.05) is 30.3 Å². The molecule has 0 spiro atoms. The van der Waals surface area contributed by atoms with Gasteiger partial charge in [-0.3, -0.25) is 14.5 Å². The number of nitrogens with one attached hydrogen (secondary N) is 1. The second kappa shape index (κ2) is 5.56. The van der Waals surface area contributed by atoms with Crippen LogP contribution in [-0.4, -0.2) is 45.7 Å². The lowest BCUT2D eigenvalue weighted by molar-refractivity contribution is -0.169. The molecule has 1 N–H and O–H groups in total. The fourth-order valence-electron chi connectivity index (χ4n) is 2.95. The zero-order chi connectivity index (χ0) is 16.8. The van der Waals surface area contributed by atoms with Crippen LogP contribution in [0.3, 0.4) is 0 Å². The number of carbonyl (C=O) groups excluding carboxylic acids is 3. The first-order valence-electron chi connectivity index (χ1n) is 7.37. The van der Waals surface area contributed by atoms with Crippen molar-refractivity contribution in [3.05, 3.63) is 35.9 Å². The van der Waals surface area contributed by atoms with Crippen LogP contribution >= 0.6 is 12.6 Å². The first-order chi connectivity index (χ1) is 10.8. The number of thiol groups is 1. The molecule has 0 saturated carbocycles. The van der Waals surface area contributed by atoms with Gasteiger partial charge in [0.05, 0.1) is 6.42 Å². The Kier molecular flexibility index (Phi) is 3.83. The Hall–Kier alpha value is -2.02. The highest BCUT2D eigenvalue weighted by atomic mass is 32.1. The van der Waals surface area contributed by atoms with Crippen LogP contribution in [0.5, 0.6) is 0 Å². The van der Waals surface area contributed by atoms with Gasteiger partial charge < -0.3 is 10.1 Å². The fraction of sp³-hybridized carbons (Fsp3) is 0.438. The lowest BCUT2D eigenvalue weighted by atomic mass is 9.96. The Labute approximate surface area is 139 Å². The number of nitrogens with zero attached hydrogens (tertiary/aromatic N) is 1. The highest BCUT2D eigenvalue weighted by Crippen LogP contribution is 2.38. The number of rotatable bonds is 4. The monoisotopic (exact) mass is 334 g/mol. The number of hydrogen-bond donors (Lipinski definition) is 2. The van der Waals surface area contributed by atoms with Crippen molar-refractivity contribution >= 4 is 30.4 Å². The Morgan fingerprint density at radius 1 is 1.30 bits per heavy atom. The number of fused-ring (bicyclic) bond motifs is 1. The van der Waals surface area contributed by atoms with Crippen LogP contribution in [-0.2, 0) is 25.5 Å². The molecule has 122 valence electrons. The van der Waals surface area contributed by atoms with Gasteiger partial charge in [0.15, 0.2) is 6.04 Å². The molecule has 1 aromatic carbocycles. The molecule has 2 aliphatic heterocycles. The average molecular weight is 334 g/mol. The van der Waals surface area contributed by atoms with E-state index in [2.05, 4.69) is 17.9 Å². The molecule has 3 rings (SSSR count). The van der Waals surface area contributed by atoms with Crippen LogP contribution in [0.2, 0.25) is 0 Å². The minimum atomic E-state index is -0.809. The largest absolute Gasteiger partial charge is 0.437 e. The van der Waals surface area contributed by atoms with Crippen LogP contribution in [0.4, 0.5) is 0 Å². The molecular formula is C16H18N2O4S. The first kappa shape index (κ1) is 15.9. The highest BCUT2D eigenvalue weighted by molar-refractivity contribution is 7.81. The lowest BCUT2D eigenvalue weighted by Gasteiger charge is -2.44. The van der Waals surface area contributed by atoms with Gasteiger partial charge in [0, 0.05) is 4.75 Å². The standard InChI is InChI=1S/C16H18N2O4S/c1-16(2,23)12-15(21)22-14-11(13(20)18(12)14)17-10(19)8-9-6-4-3-5-7-9/h3-7,11-12,14,23H,8H2,1-2H3,(H,17,19)/t11-,12-,14-/m0/s1. The molecule has 2 fully saturated rings. The maximum Gasteiger partial charge on any atom is 0.332 e. The van der Waals surface area contributed by atoms with E-state index in [1.54, 1.807) is 13.8 Å². The van der Waals surface area contributed by atoms with Crippen LogP contribution in [0.25, 0.3) is 0 Å². The zero-order valence-corrected chi connectivity index (χ0v) is 13.7. The molecule has 0 aliphatic carbocycles. The van der Waals surface area contributed by atoms with Gasteiger partial charge in [-0.05, 0) is 19.4 Å². The van der Waals surface area contributed by atoms with E-state index in [1.807, 2.05) is 30.3 Å². The molecule has 0 aromatic heterocycles. The predicted molar refractivity (Wildman–Crippen MR) is 85.7 cm³/mol. The Balaban J connectivity index is 1.65. The maximum atomic E-state index is 12.3. The molecule has 6 nitrogen and oxygen atoms in total. The molecule has 0 unspecified atom stereocenters. The molecule has 1 aromatic rings. The van der Waals surface area contributed by atoms with Crippen molar-refractivity contribution in [2.75, 3.05) is 0 Å². The summed E-state index contributed by atoms with van der Waals surface area (Å²) < 4.78 is 4.53. The minimum absolute atomic E-state index is 0.173. The molecule has 2 heterocycles. The summed E-state index contributed by atoms with van der Waals surface area (Å²) in [7, 11) is 0. The fourth-order valence-corrected chi connectivity index (χ4v) is 3.18. The minimum Gasteiger partial charge on any atom is -0.437 e. The number of ether oxygens (including phenoxy) is 1. The number of esters is 1. The lowest BCUT2D eigenvalue weighted by Crippen LogP contribution is -2.72. The first-order valence-corrected chi connectivity index (χ1v) is 7.82. The summed E-state index contributed by atoms with van der Waals surface area (Å²) in [5.41, 5.74) is 0.853. The normalized spacial score (nSPS) is 26.4. The third-order valence-electron chi connectivity index (χ3n) is 4.01. The smallest absolute Gasteiger partial charge is 0.332 e. The highest BCUT2D eigenvalue weighted by Gasteiger charge is 2.63. The summed E-state index contributed by atoms with van der Waals surface area (Å²) in [6, 6.07) is 7.69. The van der Waals surface area contributed by atoms with Gasteiger partial charge in [0.1, 0.15) is 6.04 Å². The third kappa shape index (κ3) is 2.81. The van der Waals surface area contributed by atoms with Crippen LogP contribution < -0.4 is 5.32 Å². The molecular weight excluding hydrogens is 316 g/mol. The number of amides is 2. The van der Waals surface area contributed by atoms with Crippen molar-refractivity contribution in [1.29, 1.82) is 0 Å². The van der Waals surface area contributed by atoms with E-state index in [9.17, 15) is 14.4 Å².